The minimum atomic E-state index is -0.120. The van der Waals surface area contributed by atoms with Crippen LogP contribution in [0.4, 0.5) is 5.82 Å². The van der Waals surface area contributed by atoms with Crippen molar-refractivity contribution in [3.8, 4) is 0 Å². The molecule has 1 heterocycles. The van der Waals surface area contributed by atoms with Crippen molar-refractivity contribution in [3.63, 3.8) is 0 Å². The van der Waals surface area contributed by atoms with Gasteiger partial charge in [-0.15, -0.1) is 0 Å². The van der Waals surface area contributed by atoms with E-state index in [2.05, 4.69) is 63.3 Å². The minimum Gasteiger partial charge on any atom is -0.373 e. The molecule has 0 atom stereocenters. The van der Waals surface area contributed by atoms with E-state index in [0.29, 0.717) is 0 Å². The first kappa shape index (κ1) is 15.5. The maximum absolute atomic E-state index is 4.82. The molecule has 3 heteroatoms. The summed E-state index contributed by atoms with van der Waals surface area (Å²) in [5.74, 6) is 1.85. The van der Waals surface area contributed by atoms with Gasteiger partial charge in [0.15, 0.2) is 0 Å². The molecule has 0 aliphatic rings. The van der Waals surface area contributed by atoms with Gasteiger partial charge in [0.25, 0.3) is 0 Å². The van der Waals surface area contributed by atoms with Crippen molar-refractivity contribution in [1.29, 1.82) is 0 Å². The maximum Gasteiger partial charge on any atom is 0.141 e. The summed E-state index contributed by atoms with van der Waals surface area (Å²) < 4.78 is 0. The molecule has 3 nitrogen and oxygen atoms in total. The second-order valence-electron chi connectivity index (χ2n) is 5.51. The third-order valence-corrected chi connectivity index (χ3v) is 4.59. The number of anilines is 1. The minimum absolute atomic E-state index is 0.120. The third kappa shape index (κ3) is 2.65. The fourth-order valence-corrected chi connectivity index (χ4v) is 2.95. The van der Waals surface area contributed by atoms with E-state index in [1.807, 2.05) is 7.05 Å². The Balaban J connectivity index is 2.66. The van der Waals surface area contributed by atoms with Gasteiger partial charge >= 0.3 is 0 Å². The molecule has 0 aliphatic heterocycles. The van der Waals surface area contributed by atoms with Crippen LogP contribution in [0.2, 0.25) is 0 Å². The van der Waals surface area contributed by atoms with Crippen LogP contribution in [0.1, 0.15) is 49.3 Å². The lowest BCUT2D eigenvalue weighted by Gasteiger charge is -2.31. The number of nitrogens with zero attached hydrogens (tertiary/aromatic N) is 2. The second kappa shape index (κ2) is 6.25. The highest BCUT2D eigenvalue weighted by Gasteiger charge is 2.34. The number of aryl methyl sites for hydroxylation is 1. The maximum atomic E-state index is 4.82. The lowest BCUT2D eigenvalue weighted by Crippen LogP contribution is -2.29. The lowest BCUT2D eigenvalue weighted by atomic mass is 9.75. The van der Waals surface area contributed by atoms with Crippen LogP contribution in [-0.4, -0.2) is 17.0 Å². The molecule has 112 valence electrons. The first-order valence-electron chi connectivity index (χ1n) is 7.68. The Morgan fingerprint density at radius 2 is 1.62 bits per heavy atom. The van der Waals surface area contributed by atoms with Crippen molar-refractivity contribution < 1.29 is 0 Å². The number of aromatic nitrogens is 2. The van der Waals surface area contributed by atoms with E-state index < -0.39 is 0 Å². The topological polar surface area (TPSA) is 37.8 Å². The highest BCUT2D eigenvalue weighted by molar-refractivity contribution is 5.47. The first-order chi connectivity index (χ1) is 10.1. The van der Waals surface area contributed by atoms with Crippen LogP contribution in [0.15, 0.2) is 30.3 Å². The number of hydrogen-bond acceptors (Lipinski definition) is 3. The van der Waals surface area contributed by atoms with Gasteiger partial charge in [0.2, 0.25) is 0 Å². The zero-order valence-electron chi connectivity index (χ0n) is 13.7. The van der Waals surface area contributed by atoms with E-state index in [4.69, 9.17) is 9.97 Å². The average Bonchev–Trinajstić information content (AvgIpc) is 2.53. The molecule has 0 saturated carbocycles. The summed E-state index contributed by atoms with van der Waals surface area (Å²) in [7, 11) is 1.92. The Morgan fingerprint density at radius 1 is 1.00 bits per heavy atom. The zero-order valence-corrected chi connectivity index (χ0v) is 13.7. The van der Waals surface area contributed by atoms with Crippen molar-refractivity contribution in [2.24, 2.45) is 0 Å². The summed E-state index contributed by atoms with van der Waals surface area (Å²) in [5.41, 5.74) is 3.34. The van der Waals surface area contributed by atoms with E-state index in [0.717, 1.165) is 35.7 Å². The van der Waals surface area contributed by atoms with Crippen LogP contribution < -0.4 is 5.32 Å². The summed E-state index contributed by atoms with van der Waals surface area (Å²) in [5, 5.41) is 3.20. The van der Waals surface area contributed by atoms with Crippen LogP contribution in [-0.2, 0) is 5.41 Å². The molecule has 0 bridgehead atoms. The monoisotopic (exact) mass is 283 g/mol. The molecule has 2 aromatic rings. The summed E-state index contributed by atoms with van der Waals surface area (Å²) >= 11 is 0. The Bertz CT molecular complexity index is 601. The molecule has 0 radical (unpaired) electrons. The van der Waals surface area contributed by atoms with Gasteiger partial charge in [-0.2, -0.15) is 0 Å². The van der Waals surface area contributed by atoms with E-state index in [-0.39, 0.29) is 5.41 Å². The van der Waals surface area contributed by atoms with Crippen molar-refractivity contribution in [1.82, 2.24) is 9.97 Å². The van der Waals surface area contributed by atoms with Crippen LogP contribution in [0, 0.1) is 13.8 Å². The van der Waals surface area contributed by atoms with E-state index in [1.54, 1.807) is 0 Å². The van der Waals surface area contributed by atoms with Crippen molar-refractivity contribution in [2.75, 3.05) is 12.4 Å². The lowest BCUT2D eigenvalue weighted by molar-refractivity contribution is 0.448. The van der Waals surface area contributed by atoms with Gasteiger partial charge in [0.1, 0.15) is 11.6 Å². The number of hydrogen-bond donors (Lipinski definition) is 1. The fourth-order valence-electron chi connectivity index (χ4n) is 2.95. The average molecular weight is 283 g/mol. The molecule has 21 heavy (non-hydrogen) atoms. The van der Waals surface area contributed by atoms with E-state index in [9.17, 15) is 0 Å². The zero-order chi connectivity index (χ0) is 15.5. The Morgan fingerprint density at radius 3 is 2.14 bits per heavy atom. The highest BCUT2D eigenvalue weighted by atomic mass is 15.0. The van der Waals surface area contributed by atoms with Gasteiger partial charge in [-0.1, -0.05) is 44.2 Å². The largest absolute Gasteiger partial charge is 0.373 e. The SMILES string of the molecule is CCC(CC)(c1ccccc1)c1nc(C)c(C)c(NC)n1. The molecule has 1 aromatic heterocycles. The van der Waals surface area contributed by atoms with Gasteiger partial charge in [-0.25, -0.2) is 9.97 Å². The van der Waals surface area contributed by atoms with Gasteiger partial charge in [-0.05, 0) is 32.3 Å². The van der Waals surface area contributed by atoms with Crippen molar-refractivity contribution in [2.45, 2.75) is 46.0 Å². The quantitative estimate of drug-likeness (QED) is 0.891. The highest BCUT2D eigenvalue weighted by Crippen LogP contribution is 2.37. The van der Waals surface area contributed by atoms with Crippen LogP contribution >= 0.6 is 0 Å². The molecule has 1 N–H and O–H groups in total. The van der Waals surface area contributed by atoms with Gasteiger partial charge < -0.3 is 5.32 Å². The smallest absolute Gasteiger partial charge is 0.141 e. The standard InChI is InChI=1S/C18H25N3/c1-6-18(7-2,15-11-9-8-10-12-15)17-20-14(4)13(3)16(19-5)21-17/h8-12H,6-7H2,1-5H3,(H,19,20,21). The summed E-state index contributed by atoms with van der Waals surface area (Å²) in [6.45, 7) is 8.55. The number of rotatable bonds is 5. The first-order valence-corrected chi connectivity index (χ1v) is 7.68. The van der Waals surface area contributed by atoms with E-state index >= 15 is 0 Å². The van der Waals surface area contributed by atoms with Crippen LogP contribution in [0.5, 0.6) is 0 Å². The normalized spacial score (nSPS) is 11.5. The molecule has 2 rings (SSSR count). The summed E-state index contributed by atoms with van der Waals surface area (Å²) in [6, 6.07) is 10.6. The molecular weight excluding hydrogens is 258 g/mol. The third-order valence-electron chi connectivity index (χ3n) is 4.59. The molecule has 0 unspecified atom stereocenters. The molecule has 1 aromatic carbocycles. The molecular formula is C18H25N3. The molecule has 0 amide bonds. The Labute approximate surface area is 127 Å². The molecule has 0 spiro atoms. The van der Waals surface area contributed by atoms with Crippen molar-refractivity contribution in [3.05, 3.63) is 53.0 Å². The van der Waals surface area contributed by atoms with Gasteiger partial charge in [0, 0.05) is 18.3 Å². The van der Waals surface area contributed by atoms with Crippen molar-refractivity contribution >= 4 is 5.82 Å². The van der Waals surface area contributed by atoms with Gasteiger partial charge in [-0.3, -0.25) is 0 Å². The number of benzene rings is 1. The Hall–Kier alpha value is -1.90. The van der Waals surface area contributed by atoms with Crippen LogP contribution in [0.3, 0.4) is 0 Å². The van der Waals surface area contributed by atoms with E-state index in [1.165, 1.54) is 5.56 Å². The predicted octanol–water partition coefficient (Wildman–Crippen LogP) is 4.24. The summed E-state index contributed by atoms with van der Waals surface area (Å²) in [4.78, 5) is 9.64. The van der Waals surface area contributed by atoms with Gasteiger partial charge in [0.05, 0.1) is 5.41 Å². The molecule has 0 fully saturated rings. The van der Waals surface area contributed by atoms with Crippen LogP contribution in [0.25, 0.3) is 0 Å². The number of nitrogens with one attached hydrogen (secondary N) is 1. The molecule has 0 saturated heterocycles. The predicted molar refractivity (Wildman–Crippen MR) is 88.9 cm³/mol. The fraction of sp³-hybridized carbons (Fsp3) is 0.444. The summed E-state index contributed by atoms with van der Waals surface area (Å²) in [6.07, 6.45) is 1.97. The Kier molecular flexibility index (Phi) is 4.61. The second-order valence-corrected chi connectivity index (χ2v) is 5.51. The molecule has 0 aliphatic carbocycles.